The first-order chi connectivity index (χ1) is 11.5. The fourth-order valence-electron chi connectivity index (χ4n) is 3.30. The molecule has 0 aromatic carbocycles. The zero-order valence-electron chi connectivity index (χ0n) is 14.3. The van der Waals surface area contributed by atoms with E-state index < -0.39 is 0 Å². The first-order valence-corrected chi connectivity index (χ1v) is 8.31. The molecule has 7 heteroatoms. The molecule has 4 heterocycles. The quantitative estimate of drug-likeness (QED) is 0.689. The summed E-state index contributed by atoms with van der Waals surface area (Å²) in [4.78, 5) is 17.7. The Morgan fingerprint density at radius 2 is 2.12 bits per heavy atom. The van der Waals surface area contributed by atoms with Crippen LogP contribution in [0.5, 0.6) is 0 Å². The van der Waals surface area contributed by atoms with Crippen LogP contribution in [-0.4, -0.2) is 41.6 Å². The van der Waals surface area contributed by atoms with Crippen molar-refractivity contribution in [1.82, 2.24) is 35.0 Å². The second-order valence-corrected chi connectivity index (χ2v) is 7.42. The number of rotatable bonds is 3. The highest BCUT2D eigenvalue weighted by Gasteiger charge is 2.32. The number of hydrogen-bond donors (Lipinski definition) is 3. The first kappa shape index (κ1) is 15.1. The number of aromatic nitrogens is 6. The summed E-state index contributed by atoms with van der Waals surface area (Å²) in [6, 6.07) is 2.26. The lowest BCUT2D eigenvalue weighted by Crippen LogP contribution is -2.36. The maximum absolute atomic E-state index is 4.56. The summed E-state index contributed by atoms with van der Waals surface area (Å²) in [5, 5.41) is 7.68. The molecule has 0 saturated heterocycles. The maximum Gasteiger partial charge on any atom is 0.0965 e. The Morgan fingerprint density at radius 1 is 1.25 bits per heavy atom. The molecule has 0 saturated carbocycles. The van der Waals surface area contributed by atoms with E-state index in [-0.39, 0.29) is 11.5 Å². The number of hydrogen-bond acceptors (Lipinski definition) is 4. The van der Waals surface area contributed by atoms with Crippen LogP contribution in [0.3, 0.4) is 0 Å². The van der Waals surface area contributed by atoms with E-state index in [1.807, 2.05) is 6.20 Å². The third-order valence-electron chi connectivity index (χ3n) is 4.61. The van der Waals surface area contributed by atoms with E-state index in [4.69, 9.17) is 0 Å². The second kappa shape index (κ2) is 5.59. The highest BCUT2D eigenvalue weighted by Crippen LogP contribution is 2.33. The van der Waals surface area contributed by atoms with Gasteiger partial charge in [-0.3, -0.25) is 10.00 Å². The van der Waals surface area contributed by atoms with Crippen molar-refractivity contribution in [3.05, 3.63) is 53.4 Å². The Labute approximate surface area is 140 Å². The van der Waals surface area contributed by atoms with E-state index >= 15 is 0 Å². The van der Waals surface area contributed by atoms with Gasteiger partial charge >= 0.3 is 0 Å². The van der Waals surface area contributed by atoms with E-state index in [0.29, 0.717) is 0 Å². The second-order valence-electron chi connectivity index (χ2n) is 7.42. The van der Waals surface area contributed by atoms with Gasteiger partial charge in [0, 0.05) is 42.5 Å². The predicted octanol–water partition coefficient (Wildman–Crippen LogP) is 2.30. The third-order valence-corrected chi connectivity index (χ3v) is 4.61. The Balaban J connectivity index is 1.63. The average molecular weight is 325 g/mol. The highest BCUT2D eigenvalue weighted by molar-refractivity contribution is 5.28. The number of nitrogens with zero attached hydrogens (tertiary/aromatic N) is 4. The summed E-state index contributed by atoms with van der Waals surface area (Å²) < 4.78 is 0. The molecule has 0 bridgehead atoms. The number of H-pyrrole nitrogens is 3. The standard InChI is InChI=1S/C17H23N7/c1-17(2,3)14-6-11(22-23-14)8-24-5-4-12-15(21-10-20-12)16(24)13-7-18-9-19-13/h6-7,9-10,16H,4-5,8H2,1-3H3,(H,18,19)(H,20,21)(H,22,23)/t16-/m1/s1. The van der Waals surface area contributed by atoms with Crippen LogP contribution >= 0.6 is 0 Å². The van der Waals surface area contributed by atoms with E-state index in [9.17, 15) is 0 Å². The van der Waals surface area contributed by atoms with Crippen molar-refractivity contribution >= 4 is 0 Å². The van der Waals surface area contributed by atoms with Crippen LogP contribution in [0.4, 0.5) is 0 Å². The van der Waals surface area contributed by atoms with Crippen LogP contribution in [0.15, 0.2) is 24.9 Å². The van der Waals surface area contributed by atoms with Crippen molar-refractivity contribution < 1.29 is 0 Å². The molecule has 126 valence electrons. The van der Waals surface area contributed by atoms with Crippen molar-refractivity contribution in [1.29, 1.82) is 0 Å². The summed E-state index contributed by atoms with van der Waals surface area (Å²) in [6.45, 7) is 8.30. The summed E-state index contributed by atoms with van der Waals surface area (Å²) in [6.07, 6.45) is 6.36. The molecule has 3 aromatic heterocycles. The summed E-state index contributed by atoms with van der Waals surface area (Å²) in [5.41, 5.74) is 5.64. The molecule has 0 fully saturated rings. The van der Waals surface area contributed by atoms with Crippen molar-refractivity contribution in [2.24, 2.45) is 0 Å². The van der Waals surface area contributed by atoms with Crippen molar-refractivity contribution in [3.63, 3.8) is 0 Å². The Hall–Kier alpha value is -2.41. The van der Waals surface area contributed by atoms with Gasteiger partial charge in [0.2, 0.25) is 0 Å². The smallest absolute Gasteiger partial charge is 0.0965 e. The minimum absolute atomic E-state index is 0.0504. The molecule has 1 aliphatic heterocycles. The molecule has 1 atom stereocenters. The van der Waals surface area contributed by atoms with Crippen molar-refractivity contribution in [2.75, 3.05) is 6.54 Å². The van der Waals surface area contributed by atoms with Gasteiger partial charge < -0.3 is 9.97 Å². The minimum Gasteiger partial charge on any atom is -0.348 e. The monoisotopic (exact) mass is 325 g/mol. The third kappa shape index (κ3) is 2.65. The molecule has 24 heavy (non-hydrogen) atoms. The average Bonchev–Trinajstić information content (AvgIpc) is 3.27. The number of imidazole rings is 2. The fraction of sp³-hybridized carbons (Fsp3) is 0.471. The molecule has 4 rings (SSSR count). The lowest BCUT2D eigenvalue weighted by atomic mass is 9.92. The van der Waals surface area contributed by atoms with Crippen LogP contribution in [-0.2, 0) is 18.4 Å². The number of aromatic amines is 3. The van der Waals surface area contributed by atoms with E-state index in [0.717, 1.165) is 42.3 Å². The lowest BCUT2D eigenvalue weighted by molar-refractivity contribution is 0.195. The summed E-state index contributed by atoms with van der Waals surface area (Å²) in [7, 11) is 0. The molecule has 3 aromatic rings. The van der Waals surface area contributed by atoms with Gasteiger partial charge in [-0.2, -0.15) is 5.10 Å². The van der Waals surface area contributed by atoms with Crippen LogP contribution in [0.2, 0.25) is 0 Å². The zero-order chi connectivity index (χ0) is 16.7. The Morgan fingerprint density at radius 3 is 2.83 bits per heavy atom. The fourth-order valence-corrected chi connectivity index (χ4v) is 3.30. The lowest BCUT2D eigenvalue weighted by Gasteiger charge is -2.33. The molecule has 0 radical (unpaired) electrons. The van der Waals surface area contributed by atoms with Gasteiger partial charge in [0.05, 0.1) is 35.8 Å². The topological polar surface area (TPSA) is 89.3 Å². The molecule has 0 amide bonds. The molecule has 3 N–H and O–H groups in total. The summed E-state index contributed by atoms with van der Waals surface area (Å²) in [5.74, 6) is 0. The maximum atomic E-state index is 4.56. The van der Waals surface area contributed by atoms with Crippen LogP contribution in [0.1, 0.15) is 55.3 Å². The highest BCUT2D eigenvalue weighted by atomic mass is 15.2. The summed E-state index contributed by atoms with van der Waals surface area (Å²) >= 11 is 0. The Bertz CT molecular complexity index is 806. The number of nitrogens with one attached hydrogen (secondary N) is 3. The number of fused-ring (bicyclic) bond motifs is 1. The van der Waals surface area contributed by atoms with Crippen molar-refractivity contribution in [2.45, 2.75) is 45.2 Å². The SMILES string of the molecule is CC(C)(C)c1cc(CN2CCc3[nH]cnc3[C@H]2c2cnc[nH]2)[nH]n1. The molecule has 0 spiro atoms. The van der Waals surface area contributed by atoms with Crippen LogP contribution in [0.25, 0.3) is 0 Å². The predicted molar refractivity (Wildman–Crippen MR) is 90.4 cm³/mol. The molecule has 7 nitrogen and oxygen atoms in total. The van der Waals surface area contributed by atoms with Crippen LogP contribution in [0, 0.1) is 0 Å². The van der Waals surface area contributed by atoms with Gasteiger partial charge in [-0.05, 0) is 6.07 Å². The van der Waals surface area contributed by atoms with Gasteiger partial charge in [-0.15, -0.1) is 0 Å². The molecule has 1 aliphatic rings. The molecule has 0 aliphatic carbocycles. The van der Waals surface area contributed by atoms with Gasteiger partial charge in [-0.1, -0.05) is 20.8 Å². The largest absolute Gasteiger partial charge is 0.348 e. The normalized spacial score (nSPS) is 18.7. The van der Waals surface area contributed by atoms with E-state index in [1.165, 1.54) is 5.69 Å². The molecular weight excluding hydrogens is 302 g/mol. The van der Waals surface area contributed by atoms with Gasteiger partial charge in [-0.25, -0.2) is 9.97 Å². The zero-order valence-corrected chi connectivity index (χ0v) is 14.3. The Kier molecular flexibility index (Phi) is 3.53. The minimum atomic E-state index is 0.0504. The van der Waals surface area contributed by atoms with Gasteiger partial charge in [0.15, 0.2) is 0 Å². The van der Waals surface area contributed by atoms with Gasteiger partial charge in [0.1, 0.15) is 0 Å². The molecular formula is C17H23N7. The van der Waals surface area contributed by atoms with Gasteiger partial charge in [0.25, 0.3) is 0 Å². The molecule has 0 unspecified atom stereocenters. The van der Waals surface area contributed by atoms with E-state index in [1.54, 1.807) is 12.7 Å². The first-order valence-electron chi connectivity index (χ1n) is 8.31. The van der Waals surface area contributed by atoms with E-state index in [2.05, 4.69) is 61.9 Å². The van der Waals surface area contributed by atoms with Crippen LogP contribution < -0.4 is 0 Å². The van der Waals surface area contributed by atoms with Crippen molar-refractivity contribution in [3.8, 4) is 0 Å².